The molecule has 8 heteroatoms. The van der Waals surface area contributed by atoms with Crippen LogP contribution in [0.5, 0.6) is 0 Å². The van der Waals surface area contributed by atoms with E-state index in [2.05, 4.69) is 11.0 Å². The maximum atomic E-state index is 13.2. The van der Waals surface area contributed by atoms with Crippen LogP contribution in [0.25, 0.3) is 0 Å². The summed E-state index contributed by atoms with van der Waals surface area (Å²) in [6.07, 6.45) is 1.53. The van der Waals surface area contributed by atoms with Crippen molar-refractivity contribution >= 4 is 21.6 Å². The molecule has 0 saturated heterocycles. The normalized spacial score (nSPS) is 14.9. The van der Waals surface area contributed by atoms with Crippen molar-refractivity contribution in [1.82, 2.24) is 13.8 Å². The van der Waals surface area contributed by atoms with E-state index in [9.17, 15) is 13.2 Å². The van der Waals surface area contributed by atoms with Crippen LogP contribution < -0.4 is 4.90 Å². The van der Waals surface area contributed by atoms with Crippen molar-refractivity contribution in [3.8, 4) is 0 Å². The van der Waals surface area contributed by atoms with Crippen LogP contribution in [0, 0.1) is 0 Å². The number of fused-ring (bicyclic) bond motifs is 1. The molecule has 0 aliphatic carbocycles. The van der Waals surface area contributed by atoms with Crippen molar-refractivity contribution in [3.63, 3.8) is 0 Å². The quantitative estimate of drug-likeness (QED) is 0.766. The first-order valence-electron chi connectivity index (χ1n) is 9.54. The second-order valence-corrected chi connectivity index (χ2v) is 8.98. The summed E-state index contributed by atoms with van der Waals surface area (Å²) < 4.78 is 28.6. The first-order chi connectivity index (χ1) is 13.3. The number of carbonyl (C=O) groups excluding carboxylic acids is 1. The Morgan fingerprint density at radius 3 is 2.46 bits per heavy atom. The highest BCUT2D eigenvalue weighted by molar-refractivity contribution is 7.89. The zero-order chi connectivity index (χ0) is 20.5. The number of carbonyl (C=O) groups is 1. The molecule has 0 fully saturated rings. The molecule has 0 radical (unpaired) electrons. The zero-order valence-corrected chi connectivity index (χ0v) is 17.7. The number of rotatable bonds is 5. The molecule has 0 atom stereocenters. The highest BCUT2D eigenvalue weighted by Gasteiger charge is 2.28. The van der Waals surface area contributed by atoms with E-state index in [4.69, 9.17) is 0 Å². The fourth-order valence-electron chi connectivity index (χ4n) is 3.63. The van der Waals surface area contributed by atoms with Crippen molar-refractivity contribution in [2.75, 3.05) is 38.1 Å². The molecule has 2 aromatic rings. The van der Waals surface area contributed by atoms with Crippen molar-refractivity contribution in [2.45, 2.75) is 25.3 Å². The van der Waals surface area contributed by atoms with Crippen LogP contribution in [0.1, 0.15) is 29.9 Å². The topological polar surface area (TPSA) is 65.9 Å². The Bertz CT molecular complexity index is 964. The van der Waals surface area contributed by atoms with Gasteiger partial charge in [-0.15, -0.1) is 0 Å². The van der Waals surface area contributed by atoms with Gasteiger partial charge in [-0.25, -0.2) is 8.42 Å². The maximum Gasteiger partial charge on any atom is 0.270 e. The largest absolute Gasteiger partial charge is 0.373 e. The fourth-order valence-corrected chi connectivity index (χ4v) is 5.16. The summed E-state index contributed by atoms with van der Waals surface area (Å²) in [5.41, 5.74) is 2.59. The van der Waals surface area contributed by atoms with Gasteiger partial charge in [0, 0.05) is 58.7 Å². The summed E-state index contributed by atoms with van der Waals surface area (Å²) in [6.45, 7) is 6.20. The van der Waals surface area contributed by atoms with Crippen LogP contribution >= 0.6 is 0 Å². The molecule has 3 rings (SSSR count). The first-order valence-corrected chi connectivity index (χ1v) is 11.0. The van der Waals surface area contributed by atoms with Crippen molar-refractivity contribution < 1.29 is 13.2 Å². The molecule has 0 bridgehead atoms. The van der Waals surface area contributed by atoms with E-state index in [-0.39, 0.29) is 10.8 Å². The van der Waals surface area contributed by atoms with Gasteiger partial charge < -0.3 is 14.4 Å². The van der Waals surface area contributed by atoms with Gasteiger partial charge >= 0.3 is 0 Å². The van der Waals surface area contributed by atoms with E-state index >= 15 is 0 Å². The average molecular weight is 405 g/mol. The number of aromatic nitrogens is 1. The summed E-state index contributed by atoms with van der Waals surface area (Å²) in [7, 11) is 0.134. The van der Waals surface area contributed by atoms with Crippen LogP contribution in [-0.2, 0) is 23.6 Å². The Balaban J connectivity index is 1.91. The number of anilines is 1. The summed E-state index contributed by atoms with van der Waals surface area (Å²) in [6, 6.07) is 9.54. The van der Waals surface area contributed by atoms with Gasteiger partial charge in [-0.2, -0.15) is 4.31 Å². The number of para-hydroxylation sites is 1. The summed E-state index contributed by atoms with van der Waals surface area (Å²) in [5.74, 6) is -0.159. The van der Waals surface area contributed by atoms with E-state index in [1.54, 1.807) is 30.4 Å². The molecule has 1 amide bonds. The monoisotopic (exact) mass is 404 g/mol. The Labute approximate surface area is 167 Å². The molecule has 1 aliphatic rings. The zero-order valence-electron chi connectivity index (χ0n) is 16.9. The summed E-state index contributed by atoms with van der Waals surface area (Å²) >= 11 is 0. The van der Waals surface area contributed by atoms with Crippen LogP contribution in [0.3, 0.4) is 0 Å². The fraction of sp³-hybridized carbons (Fsp3) is 0.450. The van der Waals surface area contributed by atoms with E-state index < -0.39 is 10.0 Å². The Morgan fingerprint density at radius 1 is 1.11 bits per heavy atom. The lowest BCUT2D eigenvalue weighted by atomic mass is 10.1. The molecule has 1 aliphatic heterocycles. The van der Waals surface area contributed by atoms with Crippen LogP contribution in [0.4, 0.5) is 5.69 Å². The molecule has 0 saturated carbocycles. The second kappa shape index (κ2) is 7.97. The van der Waals surface area contributed by atoms with Gasteiger partial charge in [0.05, 0.1) is 0 Å². The minimum Gasteiger partial charge on any atom is -0.373 e. The third kappa shape index (κ3) is 3.66. The van der Waals surface area contributed by atoms with Gasteiger partial charge in [-0.3, -0.25) is 4.79 Å². The number of hydrogen-bond acceptors (Lipinski definition) is 4. The van der Waals surface area contributed by atoms with Gasteiger partial charge in [-0.1, -0.05) is 32.0 Å². The molecular weight excluding hydrogens is 376 g/mol. The Hall–Kier alpha value is -2.32. The number of benzene rings is 1. The number of hydrogen-bond donors (Lipinski definition) is 0. The summed E-state index contributed by atoms with van der Waals surface area (Å²) in [5, 5.41) is 0. The van der Waals surface area contributed by atoms with Crippen LogP contribution in [0.15, 0.2) is 41.4 Å². The smallest absolute Gasteiger partial charge is 0.270 e. The molecule has 0 N–H and O–H groups in total. The third-order valence-corrected chi connectivity index (χ3v) is 7.31. The standard InChI is InChI=1S/C20H28N4O3S/c1-5-24(6-2)28(26,27)17-13-19(22(4)15-17)20(25)23-12-11-21(3)18-10-8-7-9-16(18)14-23/h7-10,13,15H,5-6,11-12,14H2,1-4H3. The highest BCUT2D eigenvalue weighted by atomic mass is 32.2. The van der Waals surface area contributed by atoms with Crippen LogP contribution in [-0.4, -0.2) is 61.3 Å². The van der Waals surface area contributed by atoms with Crippen molar-refractivity contribution in [1.29, 1.82) is 0 Å². The van der Waals surface area contributed by atoms with Gasteiger partial charge in [0.15, 0.2) is 0 Å². The maximum absolute atomic E-state index is 13.2. The number of amides is 1. The van der Waals surface area contributed by atoms with E-state index in [0.29, 0.717) is 31.9 Å². The molecule has 0 spiro atoms. The predicted molar refractivity (Wildman–Crippen MR) is 110 cm³/mol. The Kier molecular flexibility index (Phi) is 5.81. The summed E-state index contributed by atoms with van der Waals surface area (Å²) in [4.78, 5) is 17.3. The number of likely N-dealkylation sites (N-methyl/N-ethyl adjacent to an activating group) is 1. The van der Waals surface area contributed by atoms with E-state index in [1.807, 2.05) is 25.2 Å². The molecule has 28 heavy (non-hydrogen) atoms. The number of aryl methyl sites for hydroxylation is 1. The number of nitrogens with zero attached hydrogens (tertiary/aromatic N) is 4. The molecule has 2 heterocycles. The molecule has 152 valence electrons. The first kappa shape index (κ1) is 20.4. The van der Waals surface area contributed by atoms with Crippen molar-refractivity contribution in [2.24, 2.45) is 7.05 Å². The van der Waals surface area contributed by atoms with Crippen molar-refractivity contribution in [3.05, 3.63) is 47.8 Å². The Morgan fingerprint density at radius 2 is 1.79 bits per heavy atom. The predicted octanol–water partition coefficient (Wildman–Crippen LogP) is 2.15. The lowest BCUT2D eigenvalue weighted by molar-refractivity contribution is 0.0742. The van der Waals surface area contributed by atoms with Crippen LogP contribution in [0.2, 0.25) is 0 Å². The molecular formula is C20H28N4O3S. The minimum atomic E-state index is -3.60. The van der Waals surface area contributed by atoms with Gasteiger partial charge in [0.1, 0.15) is 10.6 Å². The lowest BCUT2D eigenvalue weighted by Gasteiger charge is -2.21. The molecule has 0 unspecified atom stereocenters. The van der Waals surface area contributed by atoms with Gasteiger partial charge in [0.2, 0.25) is 10.0 Å². The average Bonchev–Trinajstić information content (AvgIpc) is 2.99. The molecule has 1 aromatic carbocycles. The minimum absolute atomic E-state index is 0.159. The molecule has 7 nitrogen and oxygen atoms in total. The SMILES string of the molecule is CCN(CC)S(=O)(=O)c1cc(C(=O)N2CCN(C)c3ccccc3C2)n(C)c1. The van der Waals surface area contributed by atoms with Gasteiger partial charge in [0.25, 0.3) is 5.91 Å². The highest BCUT2D eigenvalue weighted by Crippen LogP contribution is 2.25. The molecule has 1 aromatic heterocycles. The second-order valence-electron chi connectivity index (χ2n) is 7.04. The lowest BCUT2D eigenvalue weighted by Crippen LogP contribution is -2.35. The third-order valence-electron chi connectivity index (χ3n) is 5.30. The van der Waals surface area contributed by atoms with E-state index in [1.165, 1.54) is 16.6 Å². The number of sulfonamides is 1. The van der Waals surface area contributed by atoms with Gasteiger partial charge in [-0.05, 0) is 17.7 Å². The van der Waals surface area contributed by atoms with E-state index in [0.717, 1.165) is 17.8 Å².